The van der Waals surface area contributed by atoms with E-state index in [2.05, 4.69) is 219 Å². The Balaban J connectivity index is 1.30. The summed E-state index contributed by atoms with van der Waals surface area (Å²) in [6, 6.07) is 37.9. The average molecular weight is 950 g/mol. The van der Waals surface area contributed by atoms with E-state index in [1.165, 1.54) is 143 Å². The highest BCUT2D eigenvalue weighted by Gasteiger charge is 2.31. The van der Waals surface area contributed by atoms with Crippen LogP contribution in [0.5, 0.6) is 0 Å². The van der Waals surface area contributed by atoms with Gasteiger partial charge in [0.1, 0.15) is 141 Å². The van der Waals surface area contributed by atoms with Crippen LogP contribution in [-0.4, -0.2) is 156 Å². The second-order valence-corrected chi connectivity index (χ2v) is 22.0. The Morgan fingerprint density at radius 2 is 0.581 bits per heavy atom. The standard InChI is InChI=1S/C51H54B18N4S/c52-28-25(23-17-16-21(18-24(23)74-22-14-8-3-9-15-22)51-71-49(19-10-4-1-5-11-19)70-50(72-51)20-12-6-2-7-13-20)29(53)41(65)46(40(28)64)73(48-44(68)38(62)37(61)39(63)45(48)69)47-42(66)32(56)27(33(57)43(47)67)26-30(54)34(58)36(60)35(59)31(26)55/h1-18H,52-69H2. The first kappa shape index (κ1) is 52.9. The van der Waals surface area contributed by atoms with Crippen molar-refractivity contribution in [1.29, 1.82) is 0 Å². The number of aromatic nitrogens is 3. The highest BCUT2D eigenvalue weighted by molar-refractivity contribution is 7.99. The summed E-state index contributed by atoms with van der Waals surface area (Å²) in [5, 5.41) is 0. The van der Waals surface area contributed by atoms with Gasteiger partial charge in [0, 0.05) is 43.5 Å². The lowest BCUT2D eigenvalue weighted by atomic mass is 9.56. The van der Waals surface area contributed by atoms with Gasteiger partial charge in [-0.3, -0.25) is 0 Å². The summed E-state index contributed by atoms with van der Waals surface area (Å²) in [5.74, 6) is 1.93. The highest BCUT2D eigenvalue weighted by atomic mass is 32.2. The molecular weight excluding hydrogens is 895 g/mol. The van der Waals surface area contributed by atoms with E-state index in [1.807, 2.05) is 36.4 Å². The summed E-state index contributed by atoms with van der Waals surface area (Å²) in [6.45, 7) is 0. The third-order valence-electron chi connectivity index (χ3n) is 17.2. The van der Waals surface area contributed by atoms with Gasteiger partial charge in [0.25, 0.3) is 0 Å². The van der Waals surface area contributed by atoms with Gasteiger partial charge in [-0.1, -0.05) is 179 Å². The van der Waals surface area contributed by atoms with Crippen molar-refractivity contribution in [2.45, 2.75) is 9.79 Å². The Bertz CT molecular complexity index is 3580. The normalized spacial score (nSPS) is 11.2. The molecule has 0 amide bonds. The van der Waals surface area contributed by atoms with Crippen LogP contribution in [0.3, 0.4) is 0 Å². The van der Waals surface area contributed by atoms with Crippen LogP contribution in [0, 0.1) is 0 Å². The van der Waals surface area contributed by atoms with E-state index in [1.54, 1.807) is 11.8 Å². The van der Waals surface area contributed by atoms with Gasteiger partial charge in [-0.2, -0.15) is 0 Å². The molecule has 1 heterocycles. The number of nitrogens with zero attached hydrogens (tertiary/aromatic N) is 4. The van der Waals surface area contributed by atoms with Gasteiger partial charge in [-0.15, -0.1) is 21.9 Å². The molecule has 0 spiro atoms. The zero-order valence-electron chi connectivity index (χ0n) is 47.1. The second-order valence-electron chi connectivity index (χ2n) is 20.9. The molecule has 9 aromatic rings. The van der Waals surface area contributed by atoms with Crippen LogP contribution in [0.25, 0.3) is 56.4 Å². The van der Waals surface area contributed by atoms with Crippen LogP contribution in [0.2, 0.25) is 0 Å². The molecule has 0 saturated carbocycles. The fourth-order valence-electron chi connectivity index (χ4n) is 11.6. The van der Waals surface area contributed by atoms with Crippen LogP contribution >= 0.6 is 11.8 Å². The van der Waals surface area contributed by atoms with Crippen LogP contribution in [-0.2, 0) is 0 Å². The molecule has 0 radical (unpaired) electrons. The fraction of sp³-hybridized carbons (Fsp3) is 0. The zero-order chi connectivity index (χ0) is 53.2. The molecule has 0 unspecified atom stereocenters. The minimum atomic E-state index is 0.640. The molecule has 338 valence electrons. The zero-order valence-corrected chi connectivity index (χ0v) is 47.9. The average Bonchev–Trinajstić information content (AvgIpc) is 3.41. The maximum absolute atomic E-state index is 5.17. The van der Waals surface area contributed by atoms with Crippen molar-refractivity contribution in [3.63, 3.8) is 0 Å². The molecule has 0 aliphatic carbocycles. The Labute approximate surface area is 460 Å². The molecule has 0 aliphatic heterocycles. The van der Waals surface area contributed by atoms with Gasteiger partial charge in [0.15, 0.2) is 17.5 Å². The van der Waals surface area contributed by atoms with Gasteiger partial charge in [0.05, 0.1) is 0 Å². The van der Waals surface area contributed by atoms with Crippen molar-refractivity contribution in [3.05, 3.63) is 109 Å². The summed E-state index contributed by atoms with van der Waals surface area (Å²) in [7, 11) is 42.0. The van der Waals surface area contributed by atoms with E-state index in [4.69, 9.17) is 15.0 Å². The quantitative estimate of drug-likeness (QED) is 0.128. The summed E-state index contributed by atoms with van der Waals surface area (Å²) < 4.78 is 0. The topological polar surface area (TPSA) is 41.9 Å². The molecule has 0 atom stereocenters. The molecule has 0 fully saturated rings. The van der Waals surface area contributed by atoms with Gasteiger partial charge in [0.2, 0.25) is 0 Å². The van der Waals surface area contributed by atoms with Crippen molar-refractivity contribution in [1.82, 2.24) is 15.0 Å². The van der Waals surface area contributed by atoms with Crippen LogP contribution in [0.15, 0.2) is 119 Å². The molecule has 0 bridgehead atoms. The molecule has 74 heavy (non-hydrogen) atoms. The first-order valence-corrected chi connectivity index (χ1v) is 27.0. The number of anilines is 3. The van der Waals surface area contributed by atoms with Gasteiger partial charge in [-0.25, -0.2) is 15.0 Å². The minimum absolute atomic E-state index is 0.640. The van der Waals surface area contributed by atoms with Crippen LogP contribution in [0.1, 0.15) is 0 Å². The van der Waals surface area contributed by atoms with Crippen molar-refractivity contribution in [3.8, 4) is 56.4 Å². The Kier molecular flexibility index (Phi) is 15.0. The van der Waals surface area contributed by atoms with E-state index < -0.39 is 0 Å². The molecule has 0 aliphatic rings. The SMILES string of the molecule is Bc1c(B)c(B)c(-c2c(B)c(B)c(N(c3c(B)c(B)c(B)c(B)c3B)c3c(B)c(B)c(-c4ccc(-c5nc(-c6ccccc6)nc(-c6ccccc6)n5)cc4Sc4ccccc4)c(B)c3B)c(B)c2B)c(B)c1B. The first-order valence-electron chi connectivity index (χ1n) is 26.1. The Morgan fingerprint density at radius 3 is 0.973 bits per heavy atom. The Morgan fingerprint density at radius 1 is 0.284 bits per heavy atom. The van der Waals surface area contributed by atoms with Crippen LogP contribution < -0.4 is 103 Å². The second kappa shape index (κ2) is 21.0. The highest BCUT2D eigenvalue weighted by Crippen LogP contribution is 2.38. The summed E-state index contributed by atoms with van der Waals surface area (Å²) in [6.07, 6.45) is 0. The van der Waals surface area contributed by atoms with Gasteiger partial charge >= 0.3 is 0 Å². The summed E-state index contributed by atoms with van der Waals surface area (Å²) in [5.41, 5.74) is 35.9. The largest absolute Gasteiger partial charge is 0.314 e. The third-order valence-corrected chi connectivity index (χ3v) is 18.3. The van der Waals surface area contributed by atoms with Crippen molar-refractivity contribution >= 4 is 268 Å². The Hall–Kier alpha value is -5.91. The van der Waals surface area contributed by atoms with Crippen molar-refractivity contribution in [2.75, 3.05) is 4.90 Å². The summed E-state index contributed by atoms with van der Waals surface area (Å²) >= 11 is 1.79. The third kappa shape index (κ3) is 9.13. The number of benzene rings is 8. The maximum Gasteiger partial charge on any atom is 0.164 e. The minimum Gasteiger partial charge on any atom is -0.314 e. The molecule has 0 N–H and O–H groups in total. The smallest absolute Gasteiger partial charge is 0.164 e. The van der Waals surface area contributed by atoms with Gasteiger partial charge in [-0.05, 0) is 40.5 Å². The molecule has 8 aromatic carbocycles. The molecule has 4 nitrogen and oxygen atoms in total. The maximum atomic E-state index is 5.17. The van der Waals surface area contributed by atoms with Crippen molar-refractivity contribution < 1.29 is 0 Å². The predicted octanol–water partition coefficient (Wildman–Crippen LogP) is -17.5. The molecule has 0 saturated heterocycles. The number of rotatable bonds is 10. The van der Waals surface area contributed by atoms with Gasteiger partial charge < -0.3 is 4.90 Å². The lowest BCUT2D eigenvalue weighted by molar-refractivity contribution is 1.07. The molecular formula is C51H54B18N4S. The van der Waals surface area contributed by atoms with E-state index >= 15 is 0 Å². The number of hydrogen-bond donors (Lipinski definition) is 0. The van der Waals surface area contributed by atoms with Crippen molar-refractivity contribution in [2.24, 2.45) is 0 Å². The van der Waals surface area contributed by atoms with E-state index in [-0.39, 0.29) is 0 Å². The molecule has 9 rings (SSSR count). The van der Waals surface area contributed by atoms with E-state index in [9.17, 15) is 0 Å². The van der Waals surface area contributed by atoms with E-state index in [0.29, 0.717) is 17.5 Å². The molecule has 1 aromatic heterocycles. The van der Waals surface area contributed by atoms with Crippen LogP contribution in [0.4, 0.5) is 17.1 Å². The lowest BCUT2D eigenvalue weighted by Gasteiger charge is -2.39. The molecule has 23 heteroatoms. The fourth-order valence-corrected chi connectivity index (χ4v) is 12.6. The summed E-state index contributed by atoms with van der Waals surface area (Å²) in [4.78, 5) is 20.3. The van der Waals surface area contributed by atoms with E-state index in [0.717, 1.165) is 21.6 Å². The monoisotopic (exact) mass is 953 g/mol. The first-order chi connectivity index (χ1) is 35.2. The lowest BCUT2D eigenvalue weighted by Crippen LogP contribution is -2.59. The number of hydrogen-bond acceptors (Lipinski definition) is 5. The predicted molar refractivity (Wildman–Crippen MR) is 379 cm³/mol.